The lowest BCUT2D eigenvalue weighted by Gasteiger charge is -2.12. The first-order chi connectivity index (χ1) is 9.16. The van der Waals surface area contributed by atoms with E-state index in [0.29, 0.717) is 12.0 Å². The van der Waals surface area contributed by atoms with Crippen LogP contribution in [0.4, 0.5) is 13.2 Å². The van der Waals surface area contributed by atoms with E-state index in [4.69, 9.17) is 5.11 Å². The van der Waals surface area contributed by atoms with Gasteiger partial charge in [-0.25, -0.2) is 4.79 Å². The van der Waals surface area contributed by atoms with Crippen molar-refractivity contribution < 1.29 is 23.1 Å². The molecule has 0 aromatic heterocycles. The summed E-state index contributed by atoms with van der Waals surface area (Å²) in [5.41, 5.74) is 0.246. The monoisotopic (exact) mass is 286 g/mol. The Morgan fingerprint density at radius 3 is 2.45 bits per heavy atom. The molecule has 0 radical (unpaired) electrons. The molecule has 0 spiro atoms. The Balaban J connectivity index is 3.34. The van der Waals surface area contributed by atoms with Gasteiger partial charge in [0.25, 0.3) is 0 Å². The number of aliphatic carboxylic acids is 1. The summed E-state index contributed by atoms with van der Waals surface area (Å²) in [5.74, 6) is -1.32. The van der Waals surface area contributed by atoms with Gasteiger partial charge in [-0.15, -0.1) is 0 Å². The molecule has 0 aliphatic carbocycles. The first-order valence-corrected chi connectivity index (χ1v) is 6.29. The zero-order valence-corrected chi connectivity index (χ0v) is 11.6. The fourth-order valence-electron chi connectivity index (χ4n) is 1.77. The second-order valence-corrected chi connectivity index (χ2v) is 4.78. The number of hydrogen-bond acceptors (Lipinski definition) is 1. The van der Waals surface area contributed by atoms with Crippen molar-refractivity contribution in [2.24, 2.45) is 5.92 Å². The van der Waals surface area contributed by atoms with Crippen LogP contribution in [0, 0.1) is 12.8 Å². The van der Waals surface area contributed by atoms with Crippen LogP contribution in [0.5, 0.6) is 0 Å². The molecule has 0 saturated carbocycles. The zero-order chi connectivity index (χ0) is 15.5. The highest BCUT2D eigenvalue weighted by Crippen LogP contribution is 2.31. The number of carbonyl (C=O) groups is 1. The van der Waals surface area contributed by atoms with Crippen LogP contribution in [-0.2, 0) is 11.0 Å². The van der Waals surface area contributed by atoms with Crippen LogP contribution in [0.15, 0.2) is 23.8 Å². The van der Waals surface area contributed by atoms with E-state index in [0.717, 1.165) is 12.1 Å². The third-order valence-electron chi connectivity index (χ3n) is 3.31. The Bertz CT molecular complexity index is 530. The van der Waals surface area contributed by atoms with Gasteiger partial charge in [-0.2, -0.15) is 13.2 Å². The molecule has 0 heterocycles. The summed E-state index contributed by atoms with van der Waals surface area (Å²) in [5, 5.41) is 9.17. The minimum absolute atomic E-state index is 0.120. The predicted octanol–water partition coefficient (Wildman–Crippen LogP) is 4.53. The molecule has 2 nitrogen and oxygen atoms in total. The maximum Gasteiger partial charge on any atom is 0.416 e. The summed E-state index contributed by atoms with van der Waals surface area (Å²) in [4.78, 5) is 11.2. The molecule has 5 heteroatoms. The van der Waals surface area contributed by atoms with Gasteiger partial charge in [0.1, 0.15) is 0 Å². The molecule has 0 bridgehead atoms. The molecular formula is C15H17F3O2. The lowest BCUT2D eigenvalue weighted by Crippen LogP contribution is -2.10. The van der Waals surface area contributed by atoms with Crippen LogP contribution in [0.25, 0.3) is 6.08 Å². The highest BCUT2D eigenvalue weighted by molar-refractivity contribution is 5.92. The van der Waals surface area contributed by atoms with Crippen LogP contribution in [0.2, 0.25) is 0 Å². The topological polar surface area (TPSA) is 37.3 Å². The average molecular weight is 286 g/mol. The first-order valence-electron chi connectivity index (χ1n) is 6.29. The van der Waals surface area contributed by atoms with E-state index in [1.807, 2.05) is 6.92 Å². The second kappa shape index (κ2) is 6.11. The molecule has 20 heavy (non-hydrogen) atoms. The third-order valence-corrected chi connectivity index (χ3v) is 3.31. The lowest BCUT2D eigenvalue weighted by atomic mass is 9.94. The van der Waals surface area contributed by atoms with Gasteiger partial charge in [0.15, 0.2) is 0 Å². The minimum Gasteiger partial charge on any atom is -0.478 e. The van der Waals surface area contributed by atoms with E-state index in [-0.39, 0.29) is 17.1 Å². The van der Waals surface area contributed by atoms with Crippen LogP contribution < -0.4 is 0 Å². The average Bonchev–Trinajstić information content (AvgIpc) is 2.35. The quantitative estimate of drug-likeness (QED) is 0.826. The van der Waals surface area contributed by atoms with Crippen molar-refractivity contribution in [1.82, 2.24) is 0 Å². The Morgan fingerprint density at radius 2 is 2.00 bits per heavy atom. The van der Waals surface area contributed by atoms with E-state index in [9.17, 15) is 18.0 Å². The summed E-state index contributed by atoms with van der Waals surface area (Å²) in [7, 11) is 0. The van der Waals surface area contributed by atoms with E-state index in [1.54, 1.807) is 13.8 Å². The number of benzene rings is 1. The van der Waals surface area contributed by atoms with Gasteiger partial charge in [0, 0.05) is 5.57 Å². The van der Waals surface area contributed by atoms with Gasteiger partial charge in [-0.05, 0) is 48.6 Å². The van der Waals surface area contributed by atoms with Crippen molar-refractivity contribution in [3.63, 3.8) is 0 Å². The number of aryl methyl sites for hydroxylation is 1. The maximum atomic E-state index is 12.7. The zero-order valence-electron chi connectivity index (χ0n) is 11.6. The molecule has 1 aromatic carbocycles. The molecule has 110 valence electrons. The summed E-state index contributed by atoms with van der Waals surface area (Å²) in [6.07, 6.45) is -2.49. The Hall–Kier alpha value is -1.78. The molecule has 1 aromatic rings. The fourth-order valence-corrected chi connectivity index (χ4v) is 1.77. The Labute approximate surface area is 115 Å². The van der Waals surface area contributed by atoms with Crippen molar-refractivity contribution in [3.8, 4) is 0 Å². The third kappa shape index (κ3) is 3.85. The number of halogens is 3. The normalized spacial score (nSPS) is 14.2. The van der Waals surface area contributed by atoms with Crippen LogP contribution >= 0.6 is 0 Å². The molecule has 0 saturated heterocycles. The molecule has 0 amide bonds. The van der Waals surface area contributed by atoms with Crippen molar-refractivity contribution in [2.75, 3.05) is 0 Å². The standard InChI is InChI=1S/C15H17F3O2/c1-4-9(2)13(14(19)20)8-11-7-12(15(16,17)18)6-5-10(11)3/h5-9H,4H2,1-3H3,(H,19,20)/b13-8+. The van der Waals surface area contributed by atoms with Crippen LogP contribution in [0.3, 0.4) is 0 Å². The molecule has 0 aliphatic rings. The molecule has 1 unspecified atom stereocenters. The minimum atomic E-state index is -4.43. The highest BCUT2D eigenvalue weighted by Gasteiger charge is 2.30. The number of hydrogen-bond donors (Lipinski definition) is 1. The highest BCUT2D eigenvalue weighted by atomic mass is 19.4. The molecular weight excluding hydrogens is 269 g/mol. The SMILES string of the molecule is CCC(C)/C(=C\c1cc(C(F)(F)F)ccc1C)C(=O)O. The summed E-state index contributed by atoms with van der Waals surface area (Å²) in [6.45, 7) is 5.23. The summed E-state index contributed by atoms with van der Waals surface area (Å²) < 4.78 is 38.0. The summed E-state index contributed by atoms with van der Waals surface area (Å²) >= 11 is 0. The number of rotatable bonds is 4. The van der Waals surface area contributed by atoms with Gasteiger partial charge < -0.3 is 5.11 Å². The van der Waals surface area contributed by atoms with E-state index < -0.39 is 17.7 Å². The maximum absolute atomic E-state index is 12.7. The van der Waals surface area contributed by atoms with Crippen molar-refractivity contribution in [2.45, 2.75) is 33.4 Å². The van der Waals surface area contributed by atoms with E-state index in [2.05, 4.69) is 0 Å². The fraction of sp³-hybridized carbons (Fsp3) is 0.400. The molecule has 0 aliphatic heterocycles. The lowest BCUT2D eigenvalue weighted by molar-refractivity contribution is -0.137. The largest absolute Gasteiger partial charge is 0.478 e. The second-order valence-electron chi connectivity index (χ2n) is 4.78. The van der Waals surface area contributed by atoms with Crippen molar-refractivity contribution in [1.29, 1.82) is 0 Å². The summed E-state index contributed by atoms with van der Waals surface area (Å²) in [6, 6.07) is 3.34. The number of carboxylic acid groups (broad SMARTS) is 1. The molecule has 1 N–H and O–H groups in total. The predicted molar refractivity (Wildman–Crippen MR) is 71.2 cm³/mol. The molecule has 1 rings (SSSR count). The van der Waals surface area contributed by atoms with Gasteiger partial charge in [0.2, 0.25) is 0 Å². The van der Waals surface area contributed by atoms with Crippen LogP contribution in [-0.4, -0.2) is 11.1 Å². The number of carboxylic acids is 1. The van der Waals surface area contributed by atoms with Gasteiger partial charge in [-0.3, -0.25) is 0 Å². The van der Waals surface area contributed by atoms with Crippen molar-refractivity contribution in [3.05, 3.63) is 40.5 Å². The van der Waals surface area contributed by atoms with E-state index >= 15 is 0 Å². The van der Waals surface area contributed by atoms with Gasteiger partial charge >= 0.3 is 12.1 Å². The van der Waals surface area contributed by atoms with Crippen LogP contribution in [0.1, 0.15) is 37.0 Å². The van der Waals surface area contributed by atoms with E-state index in [1.165, 1.54) is 12.1 Å². The Kier molecular flexibility index (Phi) is 4.98. The molecule has 1 atom stereocenters. The molecule has 0 fully saturated rings. The first kappa shape index (κ1) is 16.3. The van der Waals surface area contributed by atoms with Gasteiger partial charge in [0.05, 0.1) is 5.56 Å². The Morgan fingerprint density at radius 1 is 1.40 bits per heavy atom. The van der Waals surface area contributed by atoms with Gasteiger partial charge in [-0.1, -0.05) is 19.9 Å². The van der Waals surface area contributed by atoms with Crippen molar-refractivity contribution >= 4 is 12.0 Å². The number of alkyl halides is 3. The smallest absolute Gasteiger partial charge is 0.416 e.